The number of nitrogens with zero attached hydrogens (tertiary/aromatic N) is 2. The summed E-state index contributed by atoms with van der Waals surface area (Å²) in [7, 11) is 1.97. The lowest BCUT2D eigenvalue weighted by Crippen LogP contribution is -2.49. The van der Waals surface area contributed by atoms with Crippen LogP contribution in [0.1, 0.15) is 41.7 Å². The number of likely N-dealkylation sites (tertiary alicyclic amines) is 1. The second-order valence-corrected chi connectivity index (χ2v) is 7.33. The van der Waals surface area contributed by atoms with E-state index in [-0.39, 0.29) is 23.9 Å². The average molecular weight is 380 g/mol. The van der Waals surface area contributed by atoms with Crippen LogP contribution in [0.4, 0.5) is 0 Å². The first kappa shape index (κ1) is 20.1. The molecule has 28 heavy (non-hydrogen) atoms. The number of likely N-dealkylation sites (N-methyl/N-ethyl adjacent to an activating group) is 1. The third-order valence-corrected chi connectivity index (χ3v) is 5.45. The van der Waals surface area contributed by atoms with Crippen LogP contribution in [-0.4, -0.2) is 54.3 Å². The molecule has 1 N–H and O–H groups in total. The zero-order valence-electron chi connectivity index (χ0n) is 16.7. The summed E-state index contributed by atoms with van der Waals surface area (Å²) in [5.74, 6) is 0.0987. The van der Waals surface area contributed by atoms with Crippen LogP contribution in [0.5, 0.6) is 0 Å². The largest absolute Gasteiger partial charge is 0.352 e. The molecule has 0 bridgehead atoms. The minimum Gasteiger partial charge on any atom is -0.352 e. The van der Waals surface area contributed by atoms with Crippen LogP contribution in [0.25, 0.3) is 0 Å². The Balaban J connectivity index is 1.58. The molecular formula is C23H29N3O2. The Kier molecular flexibility index (Phi) is 6.82. The summed E-state index contributed by atoms with van der Waals surface area (Å²) in [4.78, 5) is 29.5. The molecule has 0 aliphatic carbocycles. The van der Waals surface area contributed by atoms with Gasteiger partial charge in [-0.3, -0.25) is 14.5 Å². The maximum absolute atomic E-state index is 13.0. The summed E-state index contributed by atoms with van der Waals surface area (Å²) in [6.45, 7) is 4.17. The van der Waals surface area contributed by atoms with E-state index in [0.717, 1.165) is 30.5 Å². The van der Waals surface area contributed by atoms with Crippen molar-refractivity contribution in [1.82, 2.24) is 15.1 Å². The van der Waals surface area contributed by atoms with Gasteiger partial charge in [-0.2, -0.15) is 0 Å². The average Bonchev–Trinajstić information content (AvgIpc) is 2.75. The summed E-state index contributed by atoms with van der Waals surface area (Å²) in [6, 6.07) is 19.1. The normalized spacial score (nSPS) is 16.0. The lowest BCUT2D eigenvalue weighted by atomic mass is 10.0. The Morgan fingerprint density at radius 3 is 2.18 bits per heavy atom. The van der Waals surface area contributed by atoms with Crippen molar-refractivity contribution < 1.29 is 9.59 Å². The highest BCUT2D eigenvalue weighted by Gasteiger charge is 2.29. The summed E-state index contributed by atoms with van der Waals surface area (Å²) in [5.41, 5.74) is 1.72. The molecule has 148 valence electrons. The number of hydrogen-bond donors (Lipinski definition) is 1. The quantitative estimate of drug-likeness (QED) is 0.839. The molecule has 1 saturated heterocycles. The zero-order chi connectivity index (χ0) is 19.9. The number of rotatable bonds is 6. The van der Waals surface area contributed by atoms with Crippen LogP contribution in [0.3, 0.4) is 0 Å². The second kappa shape index (κ2) is 9.51. The Morgan fingerprint density at radius 2 is 1.61 bits per heavy atom. The van der Waals surface area contributed by atoms with Crippen LogP contribution in [0.15, 0.2) is 60.7 Å². The highest BCUT2D eigenvalue weighted by atomic mass is 16.2. The first-order chi connectivity index (χ1) is 13.6. The van der Waals surface area contributed by atoms with E-state index in [4.69, 9.17) is 0 Å². The third kappa shape index (κ3) is 4.78. The molecule has 5 heteroatoms. The molecule has 2 aromatic carbocycles. The number of piperidine rings is 1. The van der Waals surface area contributed by atoms with Crippen molar-refractivity contribution in [1.29, 1.82) is 0 Å². The van der Waals surface area contributed by atoms with Gasteiger partial charge in [0.1, 0.15) is 6.04 Å². The van der Waals surface area contributed by atoms with Crippen molar-refractivity contribution in [2.75, 3.05) is 26.7 Å². The molecule has 1 fully saturated rings. The van der Waals surface area contributed by atoms with Crippen LogP contribution in [-0.2, 0) is 4.79 Å². The van der Waals surface area contributed by atoms with Crippen molar-refractivity contribution in [2.45, 2.75) is 31.8 Å². The number of nitrogens with one attached hydrogen (secondary N) is 1. The van der Waals surface area contributed by atoms with Gasteiger partial charge in [0.2, 0.25) is 5.91 Å². The van der Waals surface area contributed by atoms with Gasteiger partial charge >= 0.3 is 0 Å². The molecule has 0 radical (unpaired) electrons. The number of carbonyl (C=O) groups excluding carboxylic acids is 2. The Hall–Kier alpha value is -2.66. The number of benzene rings is 2. The van der Waals surface area contributed by atoms with E-state index in [1.807, 2.05) is 72.6 Å². The highest BCUT2D eigenvalue weighted by molar-refractivity contribution is 5.94. The molecule has 2 aromatic rings. The summed E-state index contributed by atoms with van der Waals surface area (Å²) < 4.78 is 0. The minimum atomic E-state index is -0.296. The van der Waals surface area contributed by atoms with E-state index < -0.39 is 0 Å². The molecule has 1 atom stereocenters. The van der Waals surface area contributed by atoms with Gasteiger partial charge in [-0.05, 0) is 44.1 Å². The lowest BCUT2D eigenvalue weighted by Gasteiger charge is -2.34. The fourth-order valence-electron chi connectivity index (χ4n) is 3.69. The molecule has 1 aliphatic heterocycles. The SMILES string of the molecule is CCN(C)C(C(=O)NC1CCN(C(=O)c2ccccc2)CC1)c1ccccc1. The monoisotopic (exact) mass is 379 g/mol. The number of carbonyl (C=O) groups is 2. The van der Waals surface area contributed by atoms with Gasteiger partial charge in [-0.1, -0.05) is 55.5 Å². The number of hydrogen-bond acceptors (Lipinski definition) is 3. The smallest absolute Gasteiger partial charge is 0.253 e. The first-order valence-electron chi connectivity index (χ1n) is 10.00. The zero-order valence-corrected chi connectivity index (χ0v) is 16.7. The maximum Gasteiger partial charge on any atom is 0.253 e. The molecule has 0 saturated carbocycles. The fourth-order valence-corrected chi connectivity index (χ4v) is 3.69. The molecule has 3 rings (SSSR count). The van der Waals surface area contributed by atoms with E-state index in [9.17, 15) is 9.59 Å². The van der Waals surface area contributed by atoms with E-state index in [2.05, 4.69) is 17.1 Å². The predicted molar refractivity (Wildman–Crippen MR) is 111 cm³/mol. The number of amides is 2. The molecule has 0 spiro atoms. The molecule has 1 unspecified atom stereocenters. The predicted octanol–water partition coefficient (Wildman–Crippen LogP) is 3.10. The summed E-state index contributed by atoms with van der Waals surface area (Å²) in [5, 5.41) is 3.21. The van der Waals surface area contributed by atoms with Gasteiger partial charge in [0.15, 0.2) is 0 Å². The van der Waals surface area contributed by atoms with Gasteiger partial charge < -0.3 is 10.2 Å². The van der Waals surface area contributed by atoms with Crippen LogP contribution in [0, 0.1) is 0 Å². The van der Waals surface area contributed by atoms with Gasteiger partial charge in [0.05, 0.1) is 0 Å². The van der Waals surface area contributed by atoms with Crippen LogP contribution in [0.2, 0.25) is 0 Å². The van der Waals surface area contributed by atoms with Crippen molar-refractivity contribution >= 4 is 11.8 Å². The second-order valence-electron chi connectivity index (χ2n) is 7.33. The van der Waals surface area contributed by atoms with E-state index >= 15 is 0 Å². The Labute approximate surface area is 167 Å². The molecule has 1 aliphatic rings. The highest BCUT2D eigenvalue weighted by Crippen LogP contribution is 2.21. The first-order valence-corrected chi connectivity index (χ1v) is 10.00. The van der Waals surface area contributed by atoms with Gasteiger partial charge in [0.25, 0.3) is 5.91 Å². The topological polar surface area (TPSA) is 52.7 Å². The lowest BCUT2D eigenvalue weighted by molar-refractivity contribution is -0.127. The van der Waals surface area contributed by atoms with Crippen molar-refractivity contribution in [3.05, 3.63) is 71.8 Å². The van der Waals surface area contributed by atoms with Gasteiger partial charge in [-0.15, -0.1) is 0 Å². The molecule has 2 amide bonds. The summed E-state index contributed by atoms with van der Waals surface area (Å²) in [6.07, 6.45) is 1.56. The van der Waals surface area contributed by atoms with Crippen LogP contribution < -0.4 is 5.32 Å². The van der Waals surface area contributed by atoms with Gasteiger partial charge in [0, 0.05) is 24.7 Å². The van der Waals surface area contributed by atoms with Crippen molar-refractivity contribution in [3.63, 3.8) is 0 Å². The Morgan fingerprint density at radius 1 is 1.04 bits per heavy atom. The minimum absolute atomic E-state index is 0.0309. The van der Waals surface area contributed by atoms with E-state index in [1.165, 1.54) is 0 Å². The van der Waals surface area contributed by atoms with Gasteiger partial charge in [-0.25, -0.2) is 0 Å². The van der Waals surface area contributed by atoms with E-state index in [0.29, 0.717) is 13.1 Å². The standard InChI is InChI=1S/C23H29N3O2/c1-3-25(2)21(18-10-6-4-7-11-18)22(27)24-20-14-16-26(17-15-20)23(28)19-12-8-5-9-13-19/h4-13,20-21H,3,14-17H2,1-2H3,(H,24,27). The van der Waals surface area contributed by atoms with Crippen molar-refractivity contribution in [2.24, 2.45) is 0 Å². The molecule has 0 aromatic heterocycles. The van der Waals surface area contributed by atoms with E-state index in [1.54, 1.807) is 0 Å². The molecule has 5 nitrogen and oxygen atoms in total. The Bertz CT molecular complexity index is 771. The molecular weight excluding hydrogens is 350 g/mol. The fraction of sp³-hybridized carbons (Fsp3) is 0.391. The maximum atomic E-state index is 13.0. The van der Waals surface area contributed by atoms with Crippen molar-refractivity contribution in [3.8, 4) is 0 Å². The molecule has 1 heterocycles. The summed E-state index contributed by atoms with van der Waals surface area (Å²) >= 11 is 0. The van der Waals surface area contributed by atoms with Crippen LogP contribution >= 0.6 is 0 Å². The third-order valence-electron chi connectivity index (χ3n) is 5.45.